The summed E-state index contributed by atoms with van der Waals surface area (Å²) in [6.45, 7) is 0. The Labute approximate surface area is 107 Å². The molecule has 4 nitrogen and oxygen atoms in total. The number of methoxy groups -OCH3 is 2. The predicted octanol–water partition coefficient (Wildman–Crippen LogP) is 1.42. The van der Waals surface area contributed by atoms with Crippen LogP contribution in [0.15, 0.2) is 18.2 Å². The molecule has 1 rings (SSSR count). The van der Waals surface area contributed by atoms with Crippen LogP contribution in [0.1, 0.15) is 18.1 Å². The van der Waals surface area contributed by atoms with E-state index in [0.717, 1.165) is 0 Å². The van der Waals surface area contributed by atoms with Gasteiger partial charge in [0.2, 0.25) is 0 Å². The van der Waals surface area contributed by atoms with E-state index in [1.54, 1.807) is 25.3 Å². The van der Waals surface area contributed by atoms with Gasteiger partial charge in [-0.1, -0.05) is 6.07 Å². The first-order valence-corrected chi connectivity index (χ1v) is 5.96. The monoisotopic (exact) mass is 258 g/mol. The largest absolute Gasteiger partial charge is 0.493 e. The van der Waals surface area contributed by atoms with E-state index in [1.807, 2.05) is 0 Å². The van der Waals surface area contributed by atoms with Crippen molar-refractivity contribution < 1.29 is 19.7 Å². The zero-order valence-corrected chi connectivity index (χ0v) is 10.9. The number of benzene rings is 1. The highest BCUT2D eigenvalue weighted by atomic mass is 32.1. The van der Waals surface area contributed by atoms with Crippen LogP contribution < -0.4 is 9.47 Å². The molecular weight excluding hydrogens is 240 g/mol. The van der Waals surface area contributed by atoms with Crippen molar-refractivity contribution >= 4 is 12.6 Å². The maximum Gasteiger partial charge on any atom is 0.161 e. The number of aliphatic hydroxyl groups excluding tert-OH is 2. The van der Waals surface area contributed by atoms with E-state index in [0.29, 0.717) is 29.2 Å². The summed E-state index contributed by atoms with van der Waals surface area (Å²) in [4.78, 5) is 0. The van der Waals surface area contributed by atoms with Crippen LogP contribution in [-0.4, -0.2) is 36.3 Å². The molecule has 0 aliphatic carbocycles. The molecule has 0 amide bonds. The molecule has 2 unspecified atom stereocenters. The van der Waals surface area contributed by atoms with E-state index in [4.69, 9.17) is 9.47 Å². The van der Waals surface area contributed by atoms with E-state index in [1.165, 1.54) is 7.11 Å². The van der Waals surface area contributed by atoms with Gasteiger partial charge in [0, 0.05) is 0 Å². The van der Waals surface area contributed by atoms with Gasteiger partial charge in [-0.15, -0.1) is 0 Å². The van der Waals surface area contributed by atoms with Crippen LogP contribution in [-0.2, 0) is 0 Å². The standard InChI is InChI=1S/C12H18O4S/c1-15-10-4-3-8(7-11(10)16-2)12(14)9(13)5-6-17/h3-4,7,9,12-14,17H,5-6H2,1-2H3. The predicted molar refractivity (Wildman–Crippen MR) is 69.0 cm³/mol. The van der Waals surface area contributed by atoms with Gasteiger partial charge in [-0.25, -0.2) is 0 Å². The molecule has 0 radical (unpaired) electrons. The Morgan fingerprint density at radius 2 is 1.82 bits per heavy atom. The SMILES string of the molecule is COc1ccc(C(O)C(O)CCS)cc1OC. The van der Waals surface area contributed by atoms with Crippen molar-refractivity contribution in [3.05, 3.63) is 23.8 Å². The van der Waals surface area contributed by atoms with Crippen molar-refractivity contribution in [2.45, 2.75) is 18.6 Å². The Bertz CT molecular complexity index is 356. The molecule has 96 valence electrons. The third-order valence-corrected chi connectivity index (χ3v) is 2.80. The fraction of sp³-hybridized carbons (Fsp3) is 0.500. The van der Waals surface area contributed by atoms with Gasteiger partial charge in [0.1, 0.15) is 6.10 Å². The van der Waals surface area contributed by atoms with Gasteiger partial charge < -0.3 is 19.7 Å². The van der Waals surface area contributed by atoms with E-state index in [2.05, 4.69) is 12.6 Å². The average Bonchev–Trinajstić information content (AvgIpc) is 2.37. The van der Waals surface area contributed by atoms with Gasteiger partial charge in [-0.2, -0.15) is 12.6 Å². The third kappa shape index (κ3) is 3.52. The van der Waals surface area contributed by atoms with E-state index < -0.39 is 12.2 Å². The molecule has 0 fully saturated rings. The first-order chi connectivity index (χ1) is 8.13. The zero-order valence-electron chi connectivity index (χ0n) is 9.96. The van der Waals surface area contributed by atoms with Gasteiger partial charge in [-0.05, 0) is 29.9 Å². The number of ether oxygens (including phenoxy) is 2. The molecule has 17 heavy (non-hydrogen) atoms. The Morgan fingerprint density at radius 1 is 1.18 bits per heavy atom. The van der Waals surface area contributed by atoms with Crippen LogP contribution in [0.3, 0.4) is 0 Å². The number of rotatable bonds is 6. The summed E-state index contributed by atoms with van der Waals surface area (Å²) in [5, 5.41) is 19.6. The molecule has 0 aromatic heterocycles. The maximum absolute atomic E-state index is 9.92. The van der Waals surface area contributed by atoms with E-state index >= 15 is 0 Å². The zero-order chi connectivity index (χ0) is 12.8. The fourth-order valence-corrected chi connectivity index (χ4v) is 1.81. The lowest BCUT2D eigenvalue weighted by Crippen LogP contribution is -2.18. The summed E-state index contributed by atoms with van der Waals surface area (Å²) < 4.78 is 10.2. The van der Waals surface area contributed by atoms with Gasteiger partial charge in [0.05, 0.1) is 20.3 Å². The first kappa shape index (κ1) is 14.2. The van der Waals surface area contributed by atoms with E-state index in [-0.39, 0.29) is 0 Å². The Balaban J connectivity index is 2.91. The molecule has 1 aromatic rings. The molecule has 1 aromatic carbocycles. The average molecular weight is 258 g/mol. The third-order valence-electron chi connectivity index (χ3n) is 2.54. The van der Waals surface area contributed by atoms with Crippen LogP contribution in [0.5, 0.6) is 11.5 Å². The Hall–Kier alpha value is -0.910. The summed E-state index contributed by atoms with van der Waals surface area (Å²) >= 11 is 4.02. The summed E-state index contributed by atoms with van der Waals surface area (Å²) in [6.07, 6.45) is -1.34. The molecule has 5 heteroatoms. The molecule has 0 aliphatic heterocycles. The Morgan fingerprint density at radius 3 is 2.35 bits per heavy atom. The van der Waals surface area contributed by atoms with Crippen molar-refractivity contribution in [3.8, 4) is 11.5 Å². The highest BCUT2D eigenvalue weighted by molar-refractivity contribution is 7.80. The van der Waals surface area contributed by atoms with Crippen molar-refractivity contribution in [2.75, 3.05) is 20.0 Å². The smallest absolute Gasteiger partial charge is 0.161 e. The minimum Gasteiger partial charge on any atom is -0.493 e. The number of thiol groups is 1. The summed E-state index contributed by atoms with van der Waals surface area (Å²) in [5.41, 5.74) is 0.594. The quantitative estimate of drug-likeness (QED) is 0.675. The molecule has 0 aliphatic rings. The second-order valence-corrected chi connectivity index (χ2v) is 4.09. The fourth-order valence-electron chi connectivity index (χ4n) is 1.55. The van der Waals surface area contributed by atoms with Crippen LogP contribution in [0.4, 0.5) is 0 Å². The minimum atomic E-state index is -0.943. The first-order valence-electron chi connectivity index (χ1n) is 5.33. The van der Waals surface area contributed by atoms with Crippen molar-refractivity contribution in [3.63, 3.8) is 0 Å². The lowest BCUT2D eigenvalue weighted by Gasteiger charge is -2.18. The molecule has 0 bridgehead atoms. The summed E-state index contributed by atoms with van der Waals surface area (Å²) in [6, 6.07) is 5.06. The lowest BCUT2D eigenvalue weighted by atomic mass is 10.0. The van der Waals surface area contributed by atoms with Crippen molar-refractivity contribution in [2.24, 2.45) is 0 Å². The van der Waals surface area contributed by atoms with Gasteiger partial charge in [-0.3, -0.25) is 0 Å². The highest BCUT2D eigenvalue weighted by Crippen LogP contribution is 2.31. The highest BCUT2D eigenvalue weighted by Gasteiger charge is 2.19. The van der Waals surface area contributed by atoms with E-state index in [9.17, 15) is 10.2 Å². The van der Waals surface area contributed by atoms with Crippen LogP contribution >= 0.6 is 12.6 Å². The molecule has 0 saturated heterocycles. The van der Waals surface area contributed by atoms with Gasteiger partial charge in [0.15, 0.2) is 11.5 Å². The molecule has 0 saturated carbocycles. The van der Waals surface area contributed by atoms with Crippen LogP contribution in [0.25, 0.3) is 0 Å². The number of aliphatic hydroxyl groups is 2. The molecular formula is C12H18O4S. The van der Waals surface area contributed by atoms with Crippen molar-refractivity contribution in [1.82, 2.24) is 0 Å². The molecule has 0 heterocycles. The summed E-state index contributed by atoms with van der Waals surface area (Å²) in [5.74, 6) is 1.64. The molecule has 0 spiro atoms. The lowest BCUT2D eigenvalue weighted by molar-refractivity contribution is 0.0171. The minimum absolute atomic E-state index is 0.429. The second kappa shape index (κ2) is 6.74. The Kier molecular flexibility index (Phi) is 5.61. The number of hydrogen-bond donors (Lipinski definition) is 3. The maximum atomic E-state index is 9.92. The van der Waals surface area contributed by atoms with Crippen LogP contribution in [0.2, 0.25) is 0 Å². The molecule has 2 atom stereocenters. The molecule has 2 N–H and O–H groups in total. The summed E-state index contributed by atoms with van der Waals surface area (Å²) in [7, 11) is 3.07. The van der Waals surface area contributed by atoms with Crippen LogP contribution in [0, 0.1) is 0 Å². The van der Waals surface area contributed by atoms with Gasteiger partial charge in [0.25, 0.3) is 0 Å². The topological polar surface area (TPSA) is 58.9 Å². The second-order valence-electron chi connectivity index (χ2n) is 3.64. The number of hydrogen-bond acceptors (Lipinski definition) is 5. The van der Waals surface area contributed by atoms with Crippen molar-refractivity contribution in [1.29, 1.82) is 0 Å². The van der Waals surface area contributed by atoms with Gasteiger partial charge >= 0.3 is 0 Å². The normalized spacial score (nSPS) is 14.2.